The highest BCUT2D eigenvalue weighted by atomic mass is 15.2. The number of hydrogen-bond donors (Lipinski definition) is 2. The smallest absolute Gasteiger partial charge is 0.0107 e. The zero-order valence-corrected chi connectivity index (χ0v) is 9.50. The third kappa shape index (κ3) is 3.36. The van der Waals surface area contributed by atoms with Crippen molar-refractivity contribution in [1.29, 1.82) is 0 Å². The molecule has 1 unspecified atom stereocenters. The molecule has 2 rings (SSSR count). The van der Waals surface area contributed by atoms with E-state index >= 15 is 0 Å². The summed E-state index contributed by atoms with van der Waals surface area (Å²) in [5.74, 6) is 0.749. The Bertz CT molecular complexity index is 262. The van der Waals surface area contributed by atoms with Gasteiger partial charge in [-0.05, 0) is 24.0 Å². The van der Waals surface area contributed by atoms with E-state index < -0.39 is 0 Å². The molecule has 1 aromatic heterocycles. The summed E-state index contributed by atoms with van der Waals surface area (Å²) in [5, 5.41) is 3.39. The maximum Gasteiger partial charge on any atom is 0.0107 e. The number of aromatic amines is 1. The summed E-state index contributed by atoms with van der Waals surface area (Å²) < 4.78 is 0. The molecule has 0 aliphatic carbocycles. The van der Waals surface area contributed by atoms with Gasteiger partial charge in [-0.2, -0.15) is 0 Å². The Hall–Kier alpha value is -0.800. The number of aromatic nitrogens is 1. The average molecular weight is 207 g/mol. The fraction of sp³-hybridized carbons (Fsp3) is 0.667. The minimum atomic E-state index is 0.749. The van der Waals surface area contributed by atoms with Gasteiger partial charge in [-0.1, -0.05) is 6.92 Å². The van der Waals surface area contributed by atoms with E-state index in [0.29, 0.717) is 0 Å². The lowest BCUT2D eigenvalue weighted by atomic mass is 10.0. The van der Waals surface area contributed by atoms with Gasteiger partial charge in [0.2, 0.25) is 0 Å². The van der Waals surface area contributed by atoms with Crippen molar-refractivity contribution in [2.45, 2.75) is 13.3 Å². The molecule has 1 aliphatic rings. The van der Waals surface area contributed by atoms with Crippen LogP contribution in [0.5, 0.6) is 0 Å². The van der Waals surface area contributed by atoms with Crippen molar-refractivity contribution in [1.82, 2.24) is 15.2 Å². The summed E-state index contributed by atoms with van der Waals surface area (Å²) in [5.41, 5.74) is 1.43. The molecule has 1 fully saturated rings. The predicted molar refractivity (Wildman–Crippen MR) is 63.0 cm³/mol. The van der Waals surface area contributed by atoms with Crippen LogP contribution < -0.4 is 5.32 Å². The molecule has 3 heteroatoms. The number of H-pyrrole nitrogens is 1. The first kappa shape index (κ1) is 10.7. The van der Waals surface area contributed by atoms with E-state index in [0.717, 1.165) is 19.0 Å². The molecule has 1 aliphatic heterocycles. The predicted octanol–water partition coefficient (Wildman–Crippen LogP) is 1.10. The monoisotopic (exact) mass is 207 g/mol. The number of piperazine rings is 1. The summed E-state index contributed by atoms with van der Waals surface area (Å²) >= 11 is 0. The highest BCUT2D eigenvalue weighted by molar-refractivity contribution is 5.08. The lowest BCUT2D eigenvalue weighted by molar-refractivity contribution is 0.211. The molecular weight excluding hydrogens is 186 g/mol. The van der Waals surface area contributed by atoms with Gasteiger partial charge in [0.05, 0.1) is 0 Å². The first-order valence-electron chi connectivity index (χ1n) is 5.89. The Kier molecular flexibility index (Phi) is 3.80. The number of nitrogens with zero attached hydrogens (tertiary/aromatic N) is 1. The van der Waals surface area contributed by atoms with Gasteiger partial charge >= 0.3 is 0 Å². The van der Waals surface area contributed by atoms with E-state index in [1.54, 1.807) is 0 Å². The Morgan fingerprint density at radius 3 is 2.87 bits per heavy atom. The fourth-order valence-electron chi connectivity index (χ4n) is 2.29. The van der Waals surface area contributed by atoms with Crippen LogP contribution in [0.2, 0.25) is 0 Å². The van der Waals surface area contributed by atoms with E-state index in [4.69, 9.17) is 0 Å². The Balaban J connectivity index is 1.74. The van der Waals surface area contributed by atoms with Crippen LogP contribution in [0.1, 0.15) is 12.5 Å². The van der Waals surface area contributed by atoms with Gasteiger partial charge in [-0.25, -0.2) is 0 Å². The molecule has 2 heterocycles. The third-order valence-corrected chi connectivity index (χ3v) is 3.03. The second-order valence-electron chi connectivity index (χ2n) is 4.58. The quantitative estimate of drug-likeness (QED) is 0.774. The topological polar surface area (TPSA) is 31.1 Å². The lowest BCUT2D eigenvalue weighted by Gasteiger charge is -2.29. The highest BCUT2D eigenvalue weighted by Crippen LogP contribution is 2.09. The van der Waals surface area contributed by atoms with E-state index in [1.807, 2.05) is 6.20 Å². The summed E-state index contributed by atoms with van der Waals surface area (Å²) in [6.45, 7) is 8.28. The van der Waals surface area contributed by atoms with Gasteiger partial charge in [-0.15, -0.1) is 0 Å². The van der Waals surface area contributed by atoms with Gasteiger partial charge in [0.15, 0.2) is 0 Å². The molecule has 2 N–H and O–H groups in total. The molecular formula is C12H21N3. The van der Waals surface area contributed by atoms with Crippen molar-refractivity contribution >= 4 is 0 Å². The molecule has 0 saturated carbocycles. The summed E-state index contributed by atoms with van der Waals surface area (Å²) in [4.78, 5) is 5.68. The molecule has 0 spiro atoms. The van der Waals surface area contributed by atoms with Crippen LogP contribution in [0.25, 0.3) is 0 Å². The van der Waals surface area contributed by atoms with Crippen molar-refractivity contribution in [3.8, 4) is 0 Å². The van der Waals surface area contributed by atoms with Crippen LogP contribution in [0, 0.1) is 5.92 Å². The van der Waals surface area contributed by atoms with Gasteiger partial charge < -0.3 is 15.2 Å². The molecule has 84 valence electrons. The van der Waals surface area contributed by atoms with Gasteiger partial charge in [0, 0.05) is 45.1 Å². The Morgan fingerprint density at radius 2 is 2.20 bits per heavy atom. The minimum absolute atomic E-state index is 0.749. The van der Waals surface area contributed by atoms with Gasteiger partial charge in [0.1, 0.15) is 0 Å². The van der Waals surface area contributed by atoms with E-state index in [-0.39, 0.29) is 0 Å². The number of nitrogens with one attached hydrogen (secondary N) is 2. The summed E-state index contributed by atoms with van der Waals surface area (Å²) in [6, 6.07) is 2.17. The van der Waals surface area contributed by atoms with Crippen molar-refractivity contribution in [2.24, 2.45) is 5.92 Å². The first-order chi connectivity index (χ1) is 7.34. The number of hydrogen-bond acceptors (Lipinski definition) is 2. The van der Waals surface area contributed by atoms with Crippen LogP contribution in [0.15, 0.2) is 18.5 Å². The fourth-order valence-corrected chi connectivity index (χ4v) is 2.29. The molecule has 0 radical (unpaired) electrons. The molecule has 1 saturated heterocycles. The maximum atomic E-state index is 3.39. The van der Waals surface area contributed by atoms with Crippen molar-refractivity contribution in [3.05, 3.63) is 24.0 Å². The SMILES string of the molecule is CC(Cc1cc[nH]c1)CN1CCNCC1. The normalized spacial score (nSPS) is 20.3. The molecule has 0 aromatic carbocycles. The Labute approximate surface area is 91.9 Å². The maximum absolute atomic E-state index is 3.39. The zero-order valence-electron chi connectivity index (χ0n) is 9.50. The average Bonchev–Trinajstić information content (AvgIpc) is 2.71. The largest absolute Gasteiger partial charge is 0.367 e. The first-order valence-corrected chi connectivity index (χ1v) is 5.89. The molecule has 1 atom stereocenters. The van der Waals surface area contributed by atoms with E-state index in [1.165, 1.54) is 31.6 Å². The molecule has 0 bridgehead atoms. The van der Waals surface area contributed by atoms with Crippen LogP contribution in [0.4, 0.5) is 0 Å². The Morgan fingerprint density at radius 1 is 1.40 bits per heavy atom. The number of rotatable bonds is 4. The standard InChI is InChI=1S/C12H21N3/c1-11(8-12-2-3-14-9-12)10-15-6-4-13-5-7-15/h2-3,9,11,13-14H,4-8,10H2,1H3. The van der Waals surface area contributed by atoms with Crippen molar-refractivity contribution in [2.75, 3.05) is 32.7 Å². The van der Waals surface area contributed by atoms with Gasteiger partial charge in [-0.3, -0.25) is 0 Å². The van der Waals surface area contributed by atoms with Crippen LogP contribution in [0.3, 0.4) is 0 Å². The second kappa shape index (κ2) is 5.33. The zero-order chi connectivity index (χ0) is 10.5. The lowest BCUT2D eigenvalue weighted by Crippen LogP contribution is -2.45. The minimum Gasteiger partial charge on any atom is -0.367 e. The second-order valence-corrected chi connectivity index (χ2v) is 4.58. The molecule has 1 aromatic rings. The molecule has 0 amide bonds. The molecule has 15 heavy (non-hydrogen) atoms. The van der Waals surface area contributed by atoms with Crippen molar-refractivity contribution in [3.63, 3.8) is 0 Å². The summed E-state index contributed by atoms with van der Waals surface area (Å²) in [6.07, 6.45) is 5.30. The van der Waals surface area contributed by atoms with E-state index in [2.05, 4.69) is 34.4 Å². The van der Waals surface area contributed by atoms with E-state index in [9.17, 15) is 0 Å². The molecule has 3 nitrogen and oxygen atoms in total. The van der Waals surface area contributed by atoms with Crippen LogP contribution >= 0.6 is 0 Å². The third-order valence-electron chi connectivity index (χ3n) is 3.03. The van der Waals surface area contributed by atoms with Crippen molar-refractivity contribution < 1.29 is 0 Å². The highest BCUT2D eigenvalue weighted by Gasteiger charge is 2.13. The van der Waals surface area contributed by atoms with Crippen LogP contribution in [-0.2, 0) is 6.42 Å². The summed E-state index contributed by atoms with van der Waals surface area (Å²) in [7, 11) is 0. The van der Waals surface area contributed by atoms with Crippen LogP contribution in [-0.4, -0.2) is 42.6 Å². The van der Waals surface area contributed by atoms with Gasteiger partial charge in [0.25, 0.3) is 0 Å².